The average molecular weight is 303 g/mol. The van der Waals surface area contributed by atoms with Gasteiger partial charge in [-0.1, -0.05) is 18.6 Å². The van der Waals surface area contributed by atoms with E-state index in [-0.39, 0.29) is 22.4 Å². The topological polar surface area (TPSA) is 35.2 Å². The van der Waals surface area contributed by atoms with Crippen LogP contribution in [0.2, 0.25) is 0 Å². The smallest absolute Gasteiger partial charge is 0.417 e. The summed E-state index contributed by atoms with van der Waals surface area (Å²) >= 11 is 4.66. The van der Waals surface area contributed by atoms with Crippen molar-refractivity contribution >= 4 is 17.2 Å². The maximum Gasteiger partial charge on any atom is 0.417 e. The van der Waals surface area contributed by atoms with Crippen molar-refractivity contribution in [2.45, 2.75) is 44.4 Å². The van der Waals surface area contributed by atoms with Gasteiger partial charge < -0.3 is 10.5 Å². The van der Waals surface area contributed by atoms with Gasteiger partial charge in [0.15, 0.2) is 0 Å². The largest absolute Gasteiger partial charge is 0.490 e. The number of nitrogens with two attached hydrogens (primary N) is 1. The molecular weight excluding hydrogens is 287 g/mol. The maximum atomic E-state index is 13.0. The lowest BCUT2D eigenvalue weighted by atomic mass is 9.97. The zero-order valence-corrected chi connectivity index (χ0v) is 11.7. The van der Waals surface area contributed by atoms with Crippen LogP contribution in [0, 0.1) is 0 Å². The van der Waals surface area contributed by atoms with Crippen molar-refractivity contribution in [2.24, 2.45) is 5.73 Å². The van der Waals surface area contributed by atoms with E-state index in [1.165, 1.54) is 12.1 Å². The van der Waals surface area contributed by atoms with Crippen molar-refractivity contribution in [2.75, 3.05) is 0 Å². The molecule has 1 aliphatic rings. The van der Waals surface area contributed by atoms with Crippen LogP contribution in [-0.2, 0) is 6.18 Å². The molecule has 1 aromatic rings. The Balaban J connectivity index is 2.25. The second-order valence-electron chi connectivity index (χ2n) is 4.95. The summed E-state index contributed by atoms with van der Waals surface area (Å²) in [5.74, 6) is 0.226. The first-order valence-corrected chi connectivity index (χ1v) is 6.96. The van der Waals surface area contributed by atoms with E-state index < -0.39 is 11.7 Å². The Morgan fingerprint density at radius 1 is 1.20 bits per heavy atom. The van der Waals surface area contributed by atoms with Gasteiger partial charge in [0.25, 0.3) is 0 Å². The van der Waals surface area contributed by atoms with Crippen molar-refractivity contribution in [3.05, 3.63) is 29.3 Å². The summed E-state index contributed by atoms with van der Waals surface area (Å²) in [5, 5.41) is 0. The molecule has 0 aliphatic heterocycles. The number of rotatable bonds is 3. The Labute approximate surface area is 121 Å². The van der Waals surface area contributed by atoms with Crippen LogP contribution in [-0.4, -0.2) is 11.1 Å². The summed E-state index contributed by atoms with van der Waals surface area (Å²) in [7, 11) is 0. The van der Waals surface area contributed by atoms with Crippen LogP contribution < -0.4 is 10.5 Å². The van der Waals surface area contributed by atoms with Gasteiger partial charge in [-0.05, 0) is 43.9 Å². The van der Waals surface area contributed by atoms with E-state index in [1.54, 1.807) is 0 Å². The highest BCUT2D eigenvalue weighted by Crippen LogP contribution is 2.35. The van der Waals surface area contributed by atoms with Crippen LogP contribution in [0.1, 0.15) is 43.2 Å². The monoisotopic (exact) mass is 303 g/mol. The molecule has 20 heavy (non-hydrogen) atoms. The van der Waals surface area contributed by atoms with Gasteiger partial charge in [-0.3, -0.25) is 0 Å². The second-order valence-corrected chi connectivity index (χ2v) is 5.39. The molecule has 0 heterocycles. The lowest BCUT2D eigenvalue weighted by Gasteiger charge is -2.23. The molecule has 0 atom stereocenters. The molecule has 0 spiro atoms. The van der Waals surface area contributed by atoms with E-state index in [1.807, 2.05) is 0 Å². The van der Waals surface area contributed by atoms with E-state index in [4.69, 9.17) is 10.5 Å². The fraction of sp³-hybridized carbons (Fsp3) is 0.500. The molecule has 0 bridgehead atoms. The van der Waals surface area contributed by atoms with E-state index in [9.17, 15) is 13.2 Å². The Morgan fingerprint density at radius 2 is 1.85 bits per heavy atom. The van der Waals surface area contributed by atoms with Gasteiger partial charge >= 0.3 is 6.18 Å². The van der Waals surface area contributed by atoms with Crippen molar-refractivity contribution in [3.8, 4) is 5.75 Å². The summed E-state index contributed by atoms with van der Waals surface area (Å²) in [6, 6.07) is 3.77. The molecule has 1 aliphatic carbocycles. The van der Waals surface area contributed by atoms with Crippen LogP contribution >= 0.6 is 12.2 Å². The van der Waals surface area contributed by atoms with Crippen molar-refractivity contribution in [1.29, 1.82) is 0 Å². The number of benzene rings is 1. The summed E-state index contributed by atoms with van der Waals surface area (Å²) in [5.41, 5.74) is 4.34. The molecule has 1 fully saturated rings. The Morgan fingerprint density at radius 3 is 2.40 bits per heavy atom. The fourth-order valence-electron chi connectivity index (χ4n) is 2.42. The zero-order valence-electron chi connectivity index (χ0n) is 10.9. The lowest BCUT2D eigenvalue weighted by molar-refractivity contribution is -0.137. The van der Waals surface area contributed by atoms with Gasteiger partial charge in [0, 0.05) is 5.56 Å². The molecule has 0 saturated heterocycles. The lowest BCUT2D eigenvalue weighted by Crippen LogP contribution is -2.21. The number of hydrogen-bond donors (Lipinski definition) is 1. The van der Waals surface area contributed by atoms with E-state index in [0.717, 1.165) is 38.2 Å². The highest BCUT2D eigenvalue weighted by atomic mass is 32.1. The van der Waals surface area contributed by atoms with Gasteiger partial charge in [-0.2, -0.15) is 13.2 Å². The molecule has 2 rings (SSSR count). The maximum absolute atomic E-state index is 13.0. The number of alkyl halides is 3. The minimum absolute atomic E-state index is 0.000474. The molecule has 6 heteroatoms. The first kappa shape index (κ1) is 15.1. The summed E-state index contributed by atoms with van der Waals surface area (Å²) in [6.07, 6.45) is 0.555. The molecule has 0 unspecified atom stereocenters. The van der Waals surface area contributed by atoms with E-state index >= 15 is 0 Å². The van der Waals surface area contributed by atoms with Gasteiger partial charge in [0.1, 0.15) is 10.7 Å². The predicted octanol–water partition coefficient (Wildman–Crippen LogP) is 4.05. The minimum Gasteiger partial charge on any atom is -0.490 e. The predicted molar refractivity (Wildman–Crippen MR) is 74.8 cm³/mol. The molecule has 0 radical (unpaired) electrons. The van der Waals surface area contributed by atoms with Crippen molar-refractivity contribution < 1.29 is 17.9 Å². The highest BCUT2D eigenvalue weighted by molar-refractivity contribution is 7.80. The Bertz CT molecular complexity index is 496. The molecule has 110 valence electrons. The van der Waals surface area contributed by atoms with Crippen molar-refractivity contribution in [1.82, 2.24) is 0 Å². The molecular formula is C14H16F3NOS. The number of hydrogen-bond acceptors (Lipinski definition) is 2. The quantitative estimate of drug-likeness (QED) is 0.856. The summed E-state index contributed by atoms with van der Waals surface area (Å²) in [4.78, 5) is -0.262. The van der Waals surface area contributed by atoms with Crippen molar-refractivity contribution in [3.63, 3.8) is 0 Å². The van der Waals surface area contributed by atoms with Gasteiger partial charge in [0.05, 0.1) is 11.7 Å². The minimum atomic E-state index is -4.50. The molecule has 2 nitrogen and oxygen atoms in total. The second kappa shape index (κ2) is 5.99. The van der Waals surface area contributed by atoms with Gasteiger partial charge in [-0.15, -0.1) is 0 Å². The van der Waals surface area contributed by atoms with Crippen LogP contribution in [0.5, 0.6) is 5.75 Å². The number of ether oxygens (including phenoxy) is 1. The third kappa shape index (κ3) is 3.62. The normalized spacial score (nSPS) is 16.9. The zero-order chi connectivity index (χ0) is 14.8. The average Bonchev–Trinajstić information content (AvgIpc) is 2.38. The third-order valence-electron chi connectivity index (χ3n) is 3.42. The number of thiocarbonyl (C=S) groups is 1. The standard InChI is InChI=1S/C14H16F3NOS/c15-14(16,17)12-8-10(6-7-11(12)13(18)20)19-9-4-2-1-3-5-9/h6-9H,1-5H2,(H2,18,20). The highest BCUT2D eigenvalue weighted by Gasteiger charge is 2.34. The Kier molecular flexibility index (Phi) is 4.52. The first-order valence-electron chi connectivity index (χ1n) is 6.55. The molecule has 0 aromatic heterocycles. The molecule has 1 saturated carbocycles. The van der Waals surface area contributed by atoms with Crippen LogP contribution in [0.3, 0.4) is 0 Å². The van der Waals surface area contributed by atoms with E-state index in [0.29, 0.717) is 0 Å². The fourth-order valence-corrected chi connectivity index (χ4v) is 2.60. The molecule has 2 N–H and O–H groups in total. The van der Waals surface area contributed by atoms with E-state index in [2.05, 4.69) is 12.2 Å². The first-order chi connectivity index (χ1) is 9.38. The Hall–Kier alpha value is -1.30. The SMILES string of the molecule is NC(=S)c1ccc(OC2CCCCC2)cc1C(F)(F)F. The van der Waals surface area contributed by atoms with Crippen LogP contribution in [0.15, 0.2) is 18.2 Å². The molecule has 1 aromatic carbocycles. The summed E-state index contributed by atoms with van der Waals surface area (Å²) in [6.45, 7) is 0. The molecule has 0 amide bonds. The van der Waals surface area contributed by atoms with Crippen LogP contribution in [0.25, 0.3) is 0 Å². The van der Waals surface area contributed by atoms with Gasteiger partial charge in [0.2, 0.25) is 0 Å². The summed E-state index contributed by atoms with van der Waals surface area (Å²) < 4.78 is 44.6. The van der Waals surface area contributed by atoms with Crippen LogP contribution in [0.4, 0.5) is 13.2 Å². The number of halogens is 3. The third-order valence-corrected chi connectivity index (χ3v) is 3.64. The van der Waals surface area contributed by atoms with Gasteiger partial charge in [-0.25, -0.2) is 0 Å².